The number of hydrogen-bond donors (Lipinski definition) is 1. The van der Waals surface area contributed by atoms with Crippen LogP contribution in [0.25, 0.3) is 0 Å². The lowest BCUT2D eigenvalue weighted by Crippen LogP contribution is -2.02. The van der Waals surface area contributed by atoms with Gasteiger partial charge in [-0.3, -0.25) is 0 Å². The molecule has 1 N–H and O–H groups in total. The van der Waals surface area contributed by atoms with Gasteiger partial charge >= 0.3 is 0 Å². The Morgan fingerprint density at radius 3 is 2.57 bits per heavy atom. The second kappa shape index (κ2) is 5.99. The van der Waals surface area contributed by atoms with Crippen LogP contribution in [0.5, 0.6) is 11.5 Å². The van der Waals surface area contributed by atoms with Crippen molar-refractivity contribution >= 4 is 27.3 Å². The summed E-state index contributed by atoms with van der Waals surface area (Å²) in [6, 6.07) is 5.79. The second-order valence-electron chi connectivity index (χ2n) is 5.08. The van der Waals surface area contributed by atoms with Crippen LogP contribution >= 0.6 is 27.3 Å². The Labute approximate surface area is 136 Å². The van der Waals surface area contributed by atoms with E-state index in [2.05, 4.69) is 22.0 Å². The number of methoxy groups -OCH3 is 2. The van der Waals surface area contributed by atoms with Gasteiger partial charge in [-0.1, -0.05) is 0 Å². The van der Waals surface area contributed by atoms with Gasteiger partial charge in [0.2, 0.25) is 0 Å². The molecule has 0 bridgehead atoms. The molecule has 0 fully saturated rings. The summed E-state index contributed by atoms with van der Waals surface area (Å²) in [7, 11) is 3.22. The number of aliphatic hydroxyl groups is 1. The zero-order valence-electron chi connectivity index (χ0n) is 12.0. The monoisotopic (exact) mass is 368 g/mol. The number of hydrogen-bond acceptors (Lipinski definition) is 4. The summed E-state index contributed by atoms with van der Waals surface area (Å²) in [5.41, 5.74) is 2.12. The predicted molar refractivity (Wildman–Crippen MR) is 87.7 cm³/mol. The highest BCUT2D eigenvalue weighted by Gasteiger charge is 2.23. The second-order valence-corrected chi connectivity index (χ2v) is 7.10. The van der Waals surface area contributed by atoms with Crippen LogP contribution in [0, 0.1) is 0 Å². The topological polar surface area (TPSA) is 38.7 Å². The van der Waals surface area contributed by atoms with E-state index in [-0.39, 0.29) is 0 Å². The highest BCUT2D eigenvalue weighted by molar-refractivity contribution is 9.10. The van der Waals surface area contributed by atoms with E-state index in [1.807, 2.05) is 12.1 Å². The van der Waals surface area contributed by atoms with Crippen molar-refractivity contribution in [1.82, 2.24) is 0 Å². The van der Waals surface area contributed by atoms with E-state index >= 15 is 0 Å². The van der Waals surface area contributed by atoms with Crippen LogP contribution < -0.4 is 9.47 Å². The molecule has 1 aliphatic rings. The van der Waals surface area contributed by atoms with Crippen LogP contribution in [0.2, 0.25) is 0 Å². The molecule has 21 heavy (non-hydrogen) atoms. The van der Waals surface area contributed by atoms with Gasteiger partial charge in [-0.2, -0.15) is 0 Å². The summed E-state index contributed by atoms with van der Waals surface area (Å²) in [5, 5.41) is 10.7. The normalized spacial score (nSPS) is 14.9. The Kier molecular flexibility index (Phi) is 4.24. The van der Waals surface area contributed by atoms with Gasteiger partial charge in [0.1, 0.15) is 17.6 Å². The summed E-state index contributed by atoms with van der Waals surface area (Å²) in [6.45, 7) is 0. The Balaban J connectivity index is 2.01. The van der Waals surface area contributed by atoms with Gasteiger partial charge < -0.3 is 14.6 Å². The van der Waals surface area contributed by atoms with E-state index in [1.165, 1.54) is 16.9 Å². The van der Waals surface area contributed by atoms with Crippen molar-refractivity contribution in [2.24, 2.45) is 0 Å². The zero-order chi connectivity index (χ0) is 15.0. The molecule has 112 valence electrons. The van der Waals surface area contributed by atoms with Gasteiger partial charge in [0.15, 0.2) is 0 Å². The average Bonchev–Trinajstić information content (AvgIpc) is 3.07. The molecule has 2 aromatic rings. The van der Waals surface area contributed by atoms with Crippen molar-refractivity contribution in [2.45, 2.75) is 25.4 Å². The molecule has 1 aromatic heterocycles. The molecule has 1 aromatic carbocycles. The van der Waals surface area contributed by atoms with Gasteiger partial charge in [-0.15, -0.1) is 11.3 Å². The minimum Gasteiger partial charge on any atom is -0.496 e. The van der Waals surface area contributed by atoms with Crippen LogP contribution in [0.15, 0.2) is 22.7 Å². The Hall–Kier alpha value is -1.04. The third-order valence-corrected chi connectivity index (χ3v) is 5.74. The Morgan fingerprint density at radius 1 is 1.14 bits per heavy atom. The molecule has 0 aliphatic heterocycles. The number of ether oxygens (including phenoxy) is 2. The van der Waals surface area contributed by atoms with Crippen LogP contribution in [0.1, 0.15) is 33.4 Å². The molecular formula is C16H17BrO3S. The summed E-state index contributed by atoms with van der Waals surface area (Å²) in [4.78, 5) is 2.38. The zero-order valence-corrected chi connectivity index (χ0v) is 14.4. The fourth-order valence-corrected chi connectivity index (χ4v) is 4.48. The Morgan fingerprint density at radius 2 is 1.90 bits per heavy atom. The third kappa shape index (κ3) is 2.70. The summed E-state index contributed by atoms with van der Waals surface area (Å²) < 4.78 is 11.5. The quantitative estimate of drug-likeness (QED) is 0.882. The molecule has 1 heterocycles. The number of aryl methyl sites for hydroxylation is 2. The third-order valence-electron chi connectivity index (χ3n) is 3.83. The van der Waals surface area contributed by atoms with Gasteiger partial charge in [0.25, 0.3) is 0 Å². The SMILES string of the molecule is COc1cc(C(O)c2cc3c(s2)CCC3)c(OC)cc1Br. The molecule has 0 spiro atoms. The molecule has 0 saturated carbocycles. The number of thiophene rings is 1. The number of rotatable bonds is 4. The molecule has 1 aliphatic carbocycles. The smallest absolute Gasteiger partial charge is 0.133 e. The van der Waals surface area contributed by atoms with Gasteiger partial charge in [0, 0.05) is 15.3 Å². The van der Waals surface area contributed by atoms with Crippen LogP contribution in [-0.4, -0.2) is 19.3 Å². The molecule has 3 rings (SSSR count). The van der Waals surface area contributed by atoms with Gasteiger partial charge in [-0.05, 0) is 59.0 Å². The number of fused-ring (bicyclic) bond motifs is 1. The van der Waals surface area contributed by atoms with Crippen molar-refractivity contribution in [2.75, 3.05) is 14.2 Å². The van der Waals surface area contributed by atoms with E-state index in [4.69, 9.17) is 9.47 Å². The van der Waals surface area contributed by atoms with Gasteiger partial charge in [-0.25, -0.2) is 0 Å². The van der Waals surface area contributed by atoms with Crippen LogP contribution in [-0.2, 0) is 12.8 Å². The van der Waals surface area contributed by atoms with E-state index in [1.54, 1.807) is 25.6 Å². The predicted octanol–water partition coefficient (Wildman–Crippen LogP) is 4.10. The van der Waals surface area contributed by atoms with E-state index in [9.17, 15) is 5.11 Å². The van der Waals surface area contributed by atoms with Gasteiger partial charge in [0.05, 0.1) is 18.7 Å². The molecule has 3 nitrogen and oxygen atoms in total. The minimum absolute atomic E-state index is 0.656. The van der Waals surface area contributed by atoms with Crippen LogP contribution in [0.3, 0.4) is 0 Å². The minimum atomic E-state index is -0.683. The first-order chi connectivity index (χ1) is 10.1. The lowest BCUT2D eigenvalue weighted by Gasteiger charge is -2.16. The summed E-state index contributed by atoms with van der Waals surface area (Å²) in [5.74, 6) is 1.35. The highest BCUT2D eigenvalue weighted by Crippen LogP contribution is 2.41. The first-order valence-electron chi connectivity index (χ1n) is 6.85. The summed E-state index contributed by atoms with van der Waals surface area (Å²) in [6.07, 6.45) is 2.80. The highest BCUT2D eigenvalue weighted by atomic mass is 79.9. The van der Waals surface area contributed by atoms with Crippen molar-refractivity contribution < 1.29 is 14.6 Å². The van der Waals surface area contributed by atoms with Crippen molar-refractivity contribution in [3.8, 4) is 11.5 Å². The molecule has 1 atom stereocenters. The molecule has 0 radical (unpaired) electrons. The van der Waals surface area contributed by atoms with E-state index in [0.29, 0.717) is 11.5 Å². The molecule has 5 heteroatoms. The maximum Gasteiger partial charge on any atom is 0.133 e. The molecule has 0 saturated heterocycles. The average molecular weight is 369 g/mol. The van der Waals surface area contributed by atoms with E-state index in [0.717, 1.165) is 27.8 Å². The fourth-order valence-electron chi connectivity index (χ4n) is 2.74. The fraction of sp³-hybridized carbons (Fsp3) is 0.375. The van der Waals surface area contributed by atoms with E-state index < -0.39 is 6.10 Å². The number of benzene rings is 1. The molecule has 1 unspecified atom stereocenters. The first kappa shape index (κ1) is 14.9. The Bertz CT molecular complexity index is 644. The number of halogens is 1. The van der Waals surface area contributed by atoms with Crippen molar-refractivity contribution in [1.29, 1.82) is 0 Å². The van der Waals surface area contributed by atoms with Crippen molar-refractivity contribution in [3.05, 3.63) is 43.6 Å². The lowest BCUT2D eigenvalue weighted by molar-refractivity contribution is 0.217. The summed E-state index contributed by atoms with van der Waals surface area (Å²) >= 11 is 5.14. The maximum absolute atomic E-state index is 10.7. The van der Waals surface area contributed by atoms with Crippen molar-refractivity contribution in [3.63, 3.8) is 0 Å². The van der Waals surface area contributed by atoms with Crippen LogP contribution in [0.4, 0.5) is 0 Å². The molecular weight excluding hydrogens is 352 g/mol. The molecule has 0 amide bonds. The lowest BCUT2D eigenvalue weighted by atomic mass is 10.1. The largest absolute Gasteiger partial charge is 0.496 e. The standard InChI is InChI=1S/C16H17BrO3S/c1-19-12-8-11(17)13(20-2)7-10(12)16(18)15-6-9-4-3-5-14(9)21-15/h6-8,16,18H,3-5H2,1-2H3. The maximum atomic E-state index is 10.7. The first-order valence-corrected chi connectivity index (χ1v) is 8.46. The number of aliphatic hydroxyl groups excluding tert-OH is 1.